The molecule has 4 rings (SSSR count). The maximum absolute atomic E-state index is 5.99. The van der Waals surface area contributed by atoms with Crippen molar-refractivity contribution in [3.63, 3.8) is 0 Å². The van der Waals surface area contributed by atoms with Gasteiger partial charge in [0, 0.05) is 24.7 Å². The summed E-state index contributed by atoms with van der Waals surface area (Å²) >= 11 is 0. The SMILES string of the molecule is NCC1(N2CC3CCC2CC3)CCC1. The molecule has 2 nitrogen and oxygen atoms in total. The van der Waals surface area contributed by atoms with Crippen molar-refractivity contribution in [1.29, 1.82) is 0 Å². The second-order valence-electron chi connectivity index (χ2n) is 5.61. The number of hydrogen-bond donors (Lipinski definition) is 1. The summed E-state index contributed by atoms with van der Waals surface area (Å²) in [6.45, 7) is 2.26. The quantitative estimate of drug-likeness (QED) is 0.725. The van der Waals surface area contributed by atoms with E-state index in [2.05, 4.69) is 4.90 Å². The number of rotatable bonds is 2. The first-order valence-electron chi connectivity index (χ1n) is 6.31. The van der Waals surface area contributed by atoms with E-state index in [9.17, 15) is 0 Å². The molecular formula is C12H22N2. The molecule has 2 heteroatoms. The van der Waals surface area contributed by atoms with E-state index in [1.54, 1.807) is 0 Å². The van der Waals surface area contributed by atoms with E-state index in [0.29, 0.717) is 5.54 Å². The minimum atomic E-state index is 0.448. The van der Waals surface area contributed by atoms with Gasteiger partial charge in [0.05, 0.1) is 0 Å². The highest BCUT2D eigenvalue weighted by Crippen LogP contribution is 2.45. The van der Waals surface area contributed by atoms with Crippen molar-refractivity contribution in [2.75, 3.05) is 13.1 Å². The maximum Gasteiger partial charge on any atom is 0.0334 e. The summed E-state index contributed by atoms with van der Waals surface area (Å²) in [4.78, 5) is 2.80. The van der Waals surface area contributed by atoms with E-state index in [-0.39, 0.29) is 0 Å². The fraction of sp³-hybridized carbons (Fsp3) is 1.00. The first-order valence-corrected chi connectivity index (χ1v) is 6.31. The lowest BCUT2D eigenvalue weighted by Crippen LogP contribution is -2.65. The summed E-state index contributed by atoms with van der Waals surface area (Å²) in [5.41, 5.74) is 6.44. The van der Waals surface area contributed by atoms with Gasteiger partial charge in [-0.1, -0.05) is 0 Å². The fourth-order valence-electron chi connectivity index (χ4n) is 3.84. The molecule has 80 valence electrons. The molecule has 0 amide bonds. The lowest BCUT2D eigenvalue weighted by Gasteiger charge is -2.58. The van der Waals surface area contributed by atoms with E-state index < -0.39 is 0 Å². The van der Waals surface area contributed by atoms with Gasteiger partial charge in [-0.15, -0.1) is 0 Å². The summed E-state index contributed by atoms with van der Waals surface area (Å²) in [6.07, 6.45) is 10.0. The van der Waals surface area contributed by atoms with Crippen molar-refractivity contribution in [3.8, 4) is 0 Å². The third kappa shape index (κ3) is 1.17. The number of fused-ring (bicyclic) bond motifs is 3. The minimum Gasteiger partial charge on any atom is -0.329 e. The molecule has 2 aliphatic heterocycles. The summed E-state index contributed by atoms with van der Waals surface area (Å²) in [7, 11) is 0. The molecule has 14 heavy (non-hydrogen) atoms. The van der Waals surface area contributed by atoms with Crippen LogP contribution in [0, 0.1) is 5.92 Å². The predicted octanol–water partition coefficient (Wildman–Crippen LogP) is 1.74. The maximum atomic E-state index is 5.99. The zero-order valence-corrected chi connectivity index (χ0v) is 9.04. The molecule has 2 saturated carbocycles. The van der Waals surface area contributed by atoms with Gasteiger partial charge in [0.15, 0.2) is 0 Å². The third-order valence-electron chi connectivity index (χ3n) is 4.99. The third-order valence-corrected chi connectivity index (χ3v) is 4.99. The number of nitrogens with two attached hydrogens (primary N) is 1. The Morgan fingerprint density at radius 2 is 1.86 bits per heavy atom. The van der Waals surface area contributed by atoms with Crippen LogP contribution < -0.4 is 5.73 Å². The van der Waals surface area contributed by atoms with Gasteiger partial charge >= 0.3 is 0 Å². The second kappa shape index (κ2) is 3.21. The summed E-state index contributed by atoms with van der Waals surface area (Å²) in [5.74, 6) is 1.00. The predicted molar refractivity (Wildman–Crippen MR) is 58.1 cm³/mol. The summed E-state index contributed by atoms with van der Waals surface area (Å²) < 4.78 is 0. The molecule has 0 radical (unpaired) electrons. The standard InChI is InChI=1S/C12H22N2/c13-9-12(6-1-7-12)14-8-10-2-4-11(14)5-3-10/h10-11H,1-9,13H2. The Morgan fingerprint density at radius 3 is 2.21 bits per heavy atom. The highest BCUT2D eigenvalue weighted by molar-refractivity contribution is 5.04. The molecular weight excluding hydrogens is 172 g/mol. The van der Waals surface area contributed by atoms with Crippen LogP contribution in [0.15, 0.2) is 0 Å². The highest BCUT2D eigenvalue weighted by atomic mass is 15.3. The van der Waals surface area contributed by atoms with Crippen molar-refractivity contribution in [1.82, 2.24) is 4.90 Å². The average molecular weight is 194 g/mol. The Balaban J connectivity index is 1.78. The van der Waals surface area contributed by atoms with Crippen LogP contribution in [0.2, 0.25) is 0 Å². The monoisotopic (exact) mass is 194 g/mol. The molecule has 0 atom stereocenters. The Kier molecular flexibility index (Phi) is 2.10. The lowest BCUT2D eigenvalue weighted by atomic mass is 9.69. The van der Waals surface area contributed by atoms with E-state index in [0.717, 1.165) is 18.5 Å². The topological polar surface area (TPSA) is 29.3 Å². The van der Waals surface area contributed by atoms with E-state index in [1.165, 1.54) is 51.5 Å². The van der Waals surface area contributed by atoms with Gasteiger partial charge in [-0.3, -0.25) is 4.90 Å². The van der Waals surface area contributed by atoms with Crippen molar-refractivity contribution >= 4 is 0 Å². The van der Waals surface area contributed by atoms with Gasteiger partial charge in [0.25, 0.3) is 0 Å². The van der Waals surface area contributed by atoms with Crippen molar-refractivity contribution in [3.05, 3.63) is 0 Å². The largest absolute Gasteiger partial charge is 0.329 e. The van der Waals surface area contributed by atoms with Crippen molar-refractivity contribution in [2.45, 2.75) is 56.5 Å². The van der Waals surface area contributed by atoms with Crippen LogP contribution in [0.3, 0.4) is 0 Å². The van der Waals surface area contributed by atoms with Gasteiger partial charge in [0.2, 0.25) is 0 Å². The lowest BCUT2D eigenvalue weighted by molar-refractivity contribution is -0.0730. The van der Waals surface area contributed by atoms with Gasteiger partial charge < -0.3 is 5.73 Å². The van der Waals surface area contributed by atoms with Crippen molar-refractivity contribution < 1.29 is 0 Å². The Labute approximate surface area is 86.8 Å². The van der Waals surface area contributed by atoms with Crippen LogP contribution in [-0.2, 0) is 0 Å². The second-order valence-corrected chi connectivity index (χ2v) is 5.61. The number of nitrogens with zero attached hydrogens (tertiary/aromatic N) is 1. The Bertz CT molecular complexity index is 209. The minimum absolute atomic E-state index is 0.448. The van der Waals surface area contributed by atoms with Crippen LogP contribution in [0.25, 0.3) is 0 Å². The van der Waals surface area contributed by atoms with Crippen LogP contribution in [0.1, 0.15) is 44.9 Å². The molecule has 0 aromatic heterocycles. The molecule has 2 heterocycles. The van der Waals surface area contributed by atoms with Gasteiger partial charge in [-0.2, -0.15) is 0 Å². The molecule has 4 fully saturated rings. The van der Waals surface area contributed by atoms with Crippen LogP contribution in [0.5, 0.6) is 0 Å². The molecule has 4 aliphatic rings. The fourth-order valence-corrected chi connectivity index (χ4v) is 3.84. The van der Waals surface area contributed by atoms with Crippen LogP contribution in [0.4, 0.5) is 0 Å². The molecule has 0 spiro atoms. The summed E-state index contributed by atoms with van der Waals surface area (Å²) in [5, 5.41) is 0. The number of piperidine rings is 2. The molecule has 0 unspecified atom stereocenters. The van der Waals surface area contributed by atoms with Gasteiger partial charge in [0.1, 0.15) is 0 Å². The first-order chi connectivity index (χ1) is 6.84. The average Bonchev–Trinajstić information content (AvgIpc) is 2.19. The van der Waals surface area contributed by atoms with Crippen molar-refractivity contribution in [2.24, 2.45) is 11.7 Å². The van der Waals surface area contributed by atoms with Crippen LogP contribution in [-0.4, -0.2) is 29.6 Å². The van der Waals surface area contributed by atoms with Gasteiger partial charge in [-0.05, 0) is 50.9 Å². The van der Waals surface area contributed by atoms with Crippen LogP contribution >= 0.6 is 0 Å². The normalized spacial score (nSPS) is 40.9. The molecule has 2 bridgehead atoms. The molecule has 2 saturated heterocycles. The zero-order chi connectivity index (χ0) is 9.60. The summed E-state index contributed by atoms with van der Waals surface area (Å²) in [6, 6.07) is 0.892. The molecule has 2 aliphatic carbocycles. The smallest absolute Gasteiger partial charge is 0.0334 e. The zero-order valence-electron chi connectivity index (χ0n) is 9.04. The van der Waals surface area contributed by atoms with E-state index >= 15 is 0 Å². The Hall–Kier alpha value is -0.0800. The molecule has 2 N–H and O–H groups in total. The van der Waals surface area contributed by atoms with E-state index in [1.807, 2.05) is 0 Å². The first kappa shape index (κ1) is 9.17. The highest BCUT2D eigenvalue weighted by Gasteiger charge is 2.47. The molecule has 0 aromatic rings. The Morgan fingerprint density at radius 1 is 1.14 bits per heavy atom. The molecule has 0 aromatic carbocycles. The van der Waals surface area contributed by atoms with E-state index in [4.69, 9.17) is 5.73 Å². The van der Waals surface area contributed by atoms with Gasteiger partial charge in [-0.25, -0.2) is 0 Å². The number of hydrogen-bond acceptors (Lipinski definition) is 2.